The summed E-state index contributed by atoms with van der Waals surface area (Å²) >= 11 is 0. The van der Waals surface area contributed by atoms with E-state index in [0.717, 1.165) is 102 Å². The zero-order valence-corrected chi connectivity index (χ0v) is 39.1. The van der Waals surface area contributed by atoms with Gasteiger partial charge < -0.3 is 50.0 Å². The van der Waals surface area contributed by atoms with Gasteiger partial charge in [0.1, 0.15) is 29.0 Å². The van der Waals surface area contributed by atoms with Crippen LogP contribution in [0.3, 0.4) is 0 Å². The number of aromatic amines is 1. The lowest BCUT2D eigenvalue weighted by molar-refractivity contribution is -0.130. The molecule has 0 radical (unpaired) electrons. The number of carbonyl (C=O) groups excluding carboxylic acids is 2. The Balaban J connectivity index is 0.941. The van der Waals surface area contributed by atoms with Gasteiger partial charge in [-0.1, -0.05) is 12.1 Å². The number of morpholine rings is 1. The molecule has 20 nitrogen and oxygen atoms in total. The van der Waals surface area contributed by atoms with Crippen molar-refractivity contribution < 1.29 is 19.1 Å². The minimum atomic E-state index is -0.615. The molecule has 1 aromatic carbocycles. The van der Waals surface area contributed by atoms with Gasteiger partial charge in [0.25, 0.3) is 5.56 Å². The van der Waals surface area contributed by atoms with E-state index >= 15 is 0 Å². The van der Waals surface area contributed by atoms with E-state index in [1.54, 1.807) is 45.5 Å². The first-order valence-corrected chi connectivity index (χ1v) is 23.3. The van der Waals surface area contributed by atoms with Crippen molar-refractivity contribution in [3.63, 3.8) is 0 Å². The van der Waals surface area contributed by atoms with Crippen LogP contribution in [0.15, 0.2) is 53.7 Å². The van der Waals surface area contributed by atoms with Crippen LogP contribution in [0.4, 0.5) is 34.8 Å². The van der Waals surface area contributed by atoms with Gasteiger partial charge in [-0.25, -0.2) is 29.9 Å². The molecule has 20 heteroatoms. The summed E-state index contributed by atoms with van der Waals surface area (Å²) in [5, 5.41) is 11.0. The predicted molar refractivity (Wildman–Crippen MR) is 259 cm³/mol. The number of para-hydroxylation sites is 1. The Bertz CT molecular complexity index is 2960. The van der Waals surface area contributed by atoms with Crippen molar-refractivity contribution >= 4 is 68.4 Å². The minimum Gasteiger partial charge on any atom is -0.480 e. The number of ether oxygens (including phenoxy) is 2. The molecule has 10 rings (SSSR count). The summed E-state index contributed by atoms with van der Waals surface area (Å²) in [6, 6.07) is 9.07. The lowest BCUT2D eigenvalue weighted by Crippen LogP contribution is -2.53. The fraction of sp³-hybridized carbons (Fsp3) is 0.438. The number of hydrogen-bond acceptors (Lipinski definition) is 17. The zero-order chi connectivity index (χ0) is 47.1. The van der Waals surface area contributed by atoms with Crippen LogP contribution in [0.5, 0.6) is 5.88 Å². The second-order valence-electron chi connectivity index (χ2n) is 18.2. The van der Waals surface area contributed by atoms with E-state index in [-0.39, 0.29) is 36.0 Å². The fourth-order valence-electron chi connectivity index (χ4n) is 9.92. The molecule has 0 aliphatic carbocycles. The summed E-state index contributed by atoms with van der Waals surface area (Å²) < 4.78 is 11.6. The molecule has 2 unspecified atom stereocenters. The highest BCUT2D eigenvalue weighted by atomic mass is 16.5. The average molecular weight is 924 g/mol. The Morgan fingerprint density at radius 2 is 1.69 bits per heavy atom. The number of amides is 2. The van der Waals surface area contributed by atoms with E-state index in [1.165, 1.54) is 0 Å². The number of anilines is 6. The number of H-pyrrole nitrogens is 1. The molecule has 2 fully saturated rings. The molecule has 2 amide bonds. The number of nitrogens with zero attached hydrogens (tertiary/aromatic N) is 11. The number of fused-ring (bicyclic) bond motifs is 4. The maximum absolute atomic E-state index is 13.3. The maximum Gasteiger partial charge on any atom is 0.271 e. The molecule has 4 N–H and O–H groups in total. The second kappa shape index (κ2) is 18.9. The van der Waals surface area contributed by atoms with Gasteiger partial charge in [-0.15, -0.1) is 0 Å². The molecule has 0 spiro atoms. The van der Waals surface area contributed by atoms with Gasteiger partial charge in [-0.05, 0) is 61.2 Å². The molecule has 4 aliphatic heterocycles. The molecule has 4 aliphatic rings. The van der Waals surface area contributed by atoms with Crippen LogP contribution in [0, 0.1) is 0 Å². The first-order chi connectivity index (χ1) is 33.0. The maximum atomic E-state index is 13.3. The SMILES string of the molecule is CNC(=O)C1COCCN1c1ncc(CN2CCc3nc(OC)c(Nc4ncc5cccc(N6CCCCC6C(=O)N(C)C)c5n4)cc3C2)c2cnc(Nc3cc4c([nH]c3=O)CCN(C)C4)nc12. The average Bonchev–Trinajstić information content (AvgIpc) is 3.35. The molecule has 354 valence electrons. The van der Waals surface area contributed by atoms with Gasteiger partial charge in [-0.3, -0.25) is 19.3 Å². The summed E-state index contributed by atoms with van der Waals surface area (Å²) in [6.07, 6.45) is 9.65. The topological polar surface area (TPSA) is 215 Å². The lowest BCUT2D eigenvalue weighted by Gasteiger charge is -2.38. The van der Waals surface area contributed by atoms with Crippen molar-refractivity contribution in [1.82, 2.24) is 54.9 Å². The van der Waals surface area contributed by atoms with Crippen molar-refractivity contribution in [2.45, 2.75) is 63.8 Å². The van der Waals surface area contributed by atoms with Crippen LogP contribution in [0.25, 0.3) is 21.8 Å². The van der Waals surface area contributed by atoms with E-state index < -0.39 is 6.04 Å². The van der Waals surface area contributed by atoms with Crippen LogP contribution in [-0.2, 0) is 46.8 Å². The first-order valence-electron chi connectivity index (χ1n) is 23.3. The highest BCUT2D eigenvalue weighted by Crippen LogP contribution is 2.36. The van der Waals surface area contributed by atoms with Crippen molar-refractivity contribution in [3.05, 3.63) is 87.4 Å². The number of methoxy groups -OCH3 is 1. The normalized spacial score (nSPS) is 18.8. The summed E-state index contributed by atoms with van der Waals surface area (Å²) in [5.41, 5.74) is 7.83. The highest BCUT2D eigenvalue weighted by Gasteiger charge is 2.34. The van der Waals surface area contributed by atoms with E-state index in [4.69, 9.17) is 34.4 Å². The molecular formula is C48H57N15O5. The smallest absolute Gasteiger partial charge is 0.271 e. The molecule has 6 aromatic rings. The number of benzene rings is 1. The summed E-state index contributed by atoms with van der Waals surface area (Å²) in [5.74, 6) is 1.50. The van der Waals surface area contributed by atoms with E-state index in [1.807, 2.05) is 35.4 Å². The number of pyridine rings is 3. The Kier molecular flexibility index (Phi) is 12.5. The number of carbonyl (C=O) groups is 2. The molecule has 68 heavy (non-hydrogen) atoms. The zero-order valence-electron chi connectivity index (χ0n) is 39.1. The second-order valence-corrected chi connectivity index (χ2v) is 18.2. The van der Waals surface area contributed by atoms with Gasteiger partial charge in [0.05, 0.1) is 37.2 Å². The first kappa shape index (κ1) is 44.8. The molecule has 0 bridgehead atoms. The van der Waals surface area contributed by atoms with Crippen molar-refractivity contribution in [2.24, 2.45) is 0 Å². The number of aromatic nitrogens is 7. The van der Waals surface area contributed by atoms with Crippen molar-refractivity contribution in [3.8, 4) is 5.88 Å². The molecule has 2 atom stereocenters. The van der Waals surface area contributed by atoms with Crippen molar-refractivity contribution in [1.29, 1.82) is 0 Å². The standard InChI is InChI=1S/C48H57N15O5/c1-49-44(65)39-27-68-18-17-63(39)42-41-32(23-52-48(58-41)55-35-19-29-24-60(4)15-12-33(29)53-43(35)64)31(22-50-42)26-61-16-13-34-30(25-61)20-36(45(54-34)67-5)56-47-51-21-28-9-8-11-37(40(28)57-47)62-14-7-6-10-38(62)46(66)59(2)3/h8-9,11,19-23,38-39H,6-7,10,12-18,24-27H2,1-5H3,(H,49,65)(H,53,64)(H,51,56,57)(H,52,55,58). The third-order valence-corrected chi connectivity index (χ3v) is 13.5. The van der Waals surface area contributed by atoms with E-state index in [9.17, 15) is 14.4 Å². The molecule has 5 aromatic heterocycles. The number of piperidine rings is 1. The minimum absolute atomic E-state index is 0.0852. The Morgan fingerprint density at radius 3 is 2.51 bits per heavy atom. The van der Waals surface area contributed by atoms with Crippen LogP contribution >= 0.6 is 0 Å². The summed E-state index contributed by atoms with van der Waals surface area (Å²) in [6.45, 7) is 5.25. The van der Waals surface area contributed by atoms with Crippen LogP contribution < -0.4 is 36.0 Å². The lowest BCUT2D eigenvalue weighted by atomic mass is 9.99. The highest BCUT2D eigenvalue weighted by molar-refractivity contribution is 5.96. The summed E-state index contributed by atoms with van der Waals surface area (Å²) in [4.78, 5) is 82.6. The van der Waals surface area contributed by atoms with Gasteiger partial charge in [0.15, 0.2) is 5.82 Å². The molecule has 2 saturated heterocycles. The Hall–Kier alpha value is -7.03. The van der Waals surface area contributed by atoms with Crippen LogP contribution in [0.2, 0.25) is 0 Å². The molecule has 0 saturated carbocycles. The fourth-order valence-corrected chi connectivity index (χ4v) is 9.92. The summed E-state index contributed by atoms with van der Waals surface area (Å²) in [7, 11) is 8.89. The number of nitrogens with one attached hydrogen (secondary N) is 4. The van der Waals surface area contributed by atoms with Crippen LogP contribution in [0.1, 0.15) is 47.3 Å². The third-order valence-electron chi connectivity index (χ3n) is 13.5. The van der Waals surface area contributed by atoms with Gasteiger partial charge in [0, 0.05) is 115 Å². The van der Waals surface area contributed by atoms with Crippen molar-refractivity contribution in [2.75, 3.05) is 95.1 Å². The van der Waals surface area contributed by atoms with Gasteiger partial charge in [-0.2, -0.15) is 0 Å². The third kappa shape index (κ3) is 8.81. The predicted octanol–water partition coefficient (Wildman–Crippen LogP) is 3.49. The van der Waals surface area contributed by atoms with E-state index in [2.05, 4.69) is 53.7 Å². The van der Waals surface area contributed by atoms with Gasteiger partial charge >= 0.3 is 0 Å². The molecular weight excluding hydrogens is 867 g/mol. The van der Waals surface area contributed by atoms with Crippen LogP contribution in [-0.4, -0.2) is 148 Å². The molecule has 9 heterocycles. The monoisotopic (exact) mass is 923 g/mol. The number of hydrogen-bond donors (Lipinski definition) is 4. The number of rotatable bonds is 11. The Morgan fingerprint density at radius 1 is 0.882 bits per heavy atom. The Labute approximate surface area is 393 Å². The quantitative estimate of drug-likeness (QED) is 0.146. The number of likely N-dealkylation sites (N-methyl/N-ethyl adjacent to an activating group) is 3. The van der Waals surface area contributed by atoms with Gasteiger partial charge in [0.2, 0.25) is 29.6 Å². The van der Waals surface area contributed by atoms with E-state index in [0.29, 0.717) is 67.2 Å². The largest absolute Gasteiger partial charge is 0.480 e.